The molecule has 5 aromatic carbocycles. The Balaban J connectivity index is 0.00000105. The number of benzene rings is 5. The van der Waals surface area contributed by atoms with Crippen molar-refractivity contribution in [3.05, 3.63) is 148 Å². The SMILES string of the molecule is C=C(C)B1OC(C)(C)C(C)(C)O1.C=C(C)c1cc(OC(F)F)ccc1N.C=CB1OC(C)(C)C(C)(C)O1.CC(C)c1cc(OC(F)F)cc(Br)c1N.CC(C)c1cc(OC(F)F)ccc1N.ClC(Cl)Cl.Nc1ccc(OC(F)F)cc1.Nc1ccc(OC(F)F)cc1Br. The van der Waals surface area contributed by atoms with E-state index in [4.69, 9.17) is 82.1 Å². The first-order chi connectivity index (χ1) is 42.6. The Hall–Kier alpha value is -5.58. The summed E-state index contributed by atoms with van der Waals surface area (Å²) in [4.78, 5) is 0. The zero-order valence-corrected chi connectivity index (χ0v) is 59.3. The number of anilines is 5. The molecule has 2 saturated heterocycles. The second-order valence-electron chi connectivity index (χ2n) is 22.2. The van der Waals surface area contributed by atoms with Crippen molar-refractivity contribution < 1.29 is 86.2 Å². The molecule has 0 aliphatic carbocycles. The van der Waals surface area contributed by atoms with Crippen LogP contribution in [0.25, 0.3) is 5.57 Å². The maximum Gasteiger partial charge on any atom is 0.489 e. The third-order valence-electron chi connectivity index (χ3n) is 13.0. The molecule has 10 N–H and O–H groups in total. The van der Waals surface area contributed by atoms with Crippen molar-refractivity contribution in [2.45, 2.75) is 169 Å². The molecule has 0 bridgehead atoms. The van der Waals surface area contributed by atoms with Crippen LogP contribution in [0.4, 0.5) is 72.3 Å². The fourth-order valence-electron chi connectivity index (χ4n) is 6.93. The lowest BCUT2D eigenvalue weighted by Gasteiger charge is -2.32. The normalized spacial score (nSPS) is 14.5. The molecule has 0 unspecified atom stereocenters. The number of hydrogen-bond donors (Lipinski definition) is 5. The lowest BCUT2D eigenvalue weighted by Crippen LogP contribution is -2.41. The van der Waals surface area contributed by atoms with Gasteiger partial charge in [0, 0.05) is 42.9 Å². The number of nitrogen functional groups attached to an aromatic ring is 5. The molecule has 7 rings (SSSR count). The average molecular weight is 1520 g/mol. The lowest BCUT2D eigenvalue weighted by molar-refractivity contribution is -0.0506. The molecule has 0 saturated carbocycles. The van der Waals surface area contributed by atoms with Crippen molar-refractivity contribution in [2.75, 3.05) is 28.7 Å². The number of halogens is 15. The standard InChI is InChI=1S/C10H12BrF2NO.C10H13F2NO.C10H11F2NO.C9H17BO2.C8H15BO2.C7H6BrF2NO.C7H7F2NO.CHCl3/c1-5(2)7-3-6(15-10(12)13)4-8(11)9(7)14;2*1-6(2)8-5-7(14-10(11)12)3-4-9(8)13;1-7(2)10-11-8(3,4)9(5,6)12-10;1-6-9-10-7(2,3)8(4,5)11-9;8-5-3-4(12-7(9)10)1-2-6(5)11;8-7(9)11-6-3-1-5(10)2-4-6;2-1(3)4/h3-5,10H,14H2,1-2H3;3-6,10H,13H2,1-2H3;3-5,10H,1,13H2,2H3;1H2,2-6H3;6H,1H2,2-5H3;1-3,7H,11H2;1-4,7H,10H2;1H. The van der Waals surface area contributed by atoms with Gasteiger partial charge >= 0.3 is 47.3 Å². The van der Waals surface area contributed by atoms with E-state index in [-0.39, 0.29) is 77.2 Å². The first-order valence-electron chi connectivity index (χ1n) is 27.7. The van der Waals surface area contributed by atoms with Gasteiger partial charge < -0.3 is 71.0 Å². The summed E-state index contributed by atoms with van der Waals surface area (Å²) in [6.45, 7) is 24.8. The van der Waals surface area contributed by atoms with Crippen LogP contribution in [0.1, 0.15) is 125 Å². The minimum Gasteiger partial charge on any atom is -0.435 e. The van der Waals surface area contributed by atoms with Gasteiger partial charge in [0.1, 0.15) is 28.7 Å². The molecule has 0 spiro atoms. The third kappa shape index (κ3) is 33.6. The zero-order valence-electron chi connectivity index (χ0n) is 53.9. The predicted octanol–water partition coefficient (Wildman–Crippen LogP) is 20.1. The summed E-state index contributed by atoms with van der Waals surface area (Å²) in [5.41, 5.74) is 33.4. The molecule has 0 amide bonds. The van der Waals surface area contributed by atoms with E-state index in [2.05, 4.69) is 75.3 Å². The molecule has 520 valence electrons. The topological polar surface area (TPSA) is 213 Å². The van der Waals surface area contributed by atoms with Gasteiger partial charge in [-0.1, -0.05) is 80.5 Å². The second-order valence-corrected chi connectivity index (χ2v) is 25.9. The third-order valence-corrected chi connectivity index (χ3v) is 14.4. The predicted molar refractivity (Wildman–Crippen MR) is 364 cm³/mol. The van der Waals surface area contributed by atoms with E-state index in [0.717, 1.165) is 16.6 Å². The van der Waals surface area contributed by atoms with Gasteiger partial charge in [-0.2, -0.15) is 43.9 Å². The van der Waals surface area contributed by atoms with Gasteiger partial charge in [0.25, 0.3) is 0 Å². The molecule has 2 heterocycles. The summed E-state index contributed by atoms with van der Waals surface area (Å²) in [6.07, 6.45) is 0. The monoisotopic (exact) mass is 1520 g/mol. The Morgan fingerprint density at radius 2 is 0.796 bits per heavy atom. The summed E-state index contributed by atoms with van der Waals surface area (Å²) >= 11 is 20.7. The number of rotatable bonds is 15. The molecule has 14 nitrogen and oxygen atoms in total. The highest BCUT2D eigenvalue weighted by molar-refractivity contribution is 9.11. The highest BCUT2D eigenvalue weighted by Crippen LogP contribution is 2.39. The Bertz CT molecular complexity index is 3060. The number of hydrogen-bond acceptors (Lipinski definition) is 14. The van der Waals surface area contributed by atoms with Gasteiger partial charge in [0.15, 0.2) is 4.30 Å². The van der Waals surface area contributed by atoms with Crippen LogP contribution in [0, 0.1) is 0 Å². The van der Waals surface area contributed by atoms with E-state index < -0.39 is 37.4 Å². The van der Waals surface area contributed by atoms with Gasteiger partial charge in [-0.15, -0.1) is 13.2 Å². The van der Waals surface area contributed by atoms with Crippen LogP contribution < -0.4 is 52.4 Å². The van der Waals surface area contributed by atoms with Crippen molar-refractivity contribution in [1.29, 1.82) is 0 Å². The van der Waals surface area contributed by atoms with Gasteiger partial charge in [-0.3, -0.25) is 0 Å². The molecule has 2 aliphatic rings. The van der Waals surface area contributed by atoms with Crippen molar-refractivity contribution in [3.8, 4) is 28.7 Å². The number of nitrogens with two attached hydrogens (primary N) is 5. The molecule has 2 fully saturated rings. The second kappa shape index (κ2) is 40.7. The first-order valence-corrected chi connectivity index (χ1v) is 30.6. The Morgan fingerprint density at radius 3 is 1.14 bits per heavy atom. The Morgan fingerprint density at radius 1 is 0.473 bits per heavy atom. The molecule has 2 aliphatic heterocycles. The molecule has 5 aromatic rings. The summed E-state index contributed by atoms with van der Waals surface area (Å²) in [5.74, 6) is 2.59. The smallest absolute Gasteiger partial charge is 0.435 e. The molecule has 93 heavy (non-hydrogen) atoms. The van der Waals surface area contributed by atoms with E-state index in [1.54, 1.807) is 25.0 Å². The molecule has 0 atom stereocenters. The summed E-state index contributed by atoms with van der Waals surface area (Å²) in [7, 11) is -0.491. The Kier molecular flexibility index (Phi) is 38.3. The van der Waals surface area contributed by atoms with Crippen LogP contribution in [0.15, 0.2) is 131 Å². The van der Waals surface area contributed by atoms with Crippen LogP contribution in [-0.4, -0.2) is 74.0 Å². The fraction of sp³-hybridized carbons (Fsp3) is 0.419. The van der Waals surface area contributed by atoms with Gasteiger partial charge in [-0.05, 0) is 221 Å². The first kappa shape index (κ1) is 87.4. The molecule has 31 heteroatoms. The van der Waals surface area contributed by atoms with Crippen molar-refractivity contribution >= 4 is 115 Å². The highest BCUT2D eigenvalue weighted by atomic mass is 79.9. The molecule has 0 aromatic heterocycles. The minimum absolute atomic E-state index is 0.0890. The van der Waals surface area contributed by atoms with Crippen molar-refractivity contribution in [3.63, 3.8) is 0 Å². The molecule has 0 radical (unpaired) electrons. The average Bonchev–Trinajstić information content (AvgIpc) is 1.66. The van der Waals surface area contributed by atoms with Gasteiger partial charge in [0.2, 0.25) is 0 Å². The van der Waals surface area contributed by atoms with E-state index in [0.29, 0.717) is 48.5 Å². The van der Waals surface area contributed by atoms with Crippen LogP contribution in [0.5, 0.6) is 28.7 Å². The maximum atomic E-state index is 12.0. The maximum absolute atomic E-state index is 12.0. The Labute approximate surface area is 571 Å². The minimum atomic E-state index is -2.82. The largest absolute Gasteiger partial charge is 0.489 e. The number of allylic oxidation sites excluding steroid dienone is 2. The highest BCUT2D eigenvalue weighted by Gasteiger charge is 2.51. The van der Waals surface area contributed by atoms with Crippen LogP contribution >= 0.6 is 66.7 Å². The molecular weight excluding hydrogens is 1440 g/mol. The van der Waals surface area contributed by atoms with Crippen molar-refractivity contribution in [2.24, 2.45) is 0 Å². The number of ether oxygens (including phenoxy) is 5. The van der Waals surface area contributed by atoms with E-state index >= 15 is 0 Å². The van der Waals surface area contributed by atoms with Crippen LogP contribution in [-0.2, 0) is 18.6 Å². The fourth-order valence-corrected chi connectivity index (χ4v) is 7.75. The van der Waals surface area contributed by atoms with Gasteiger partial charge in [0.05, 0.1) is 22.4 Å². The summed E-state index contributed by atoms with van der Waals surface area (Å²) in [6, 6.07) is 21.9. The van der Waals surface area contributed by atoms with Crippen molar-refractivity contribution in [1.82, 2.24) is 0 Å². The van der Waals surface area contributed by atoms with E-state index in [1.807, 2.05) is 90.0 Å². The van der Waals surface area contributed by atoms with Crippen LogP contribution in [0.3, 0.4) is 0 Å². The molecular formula is C62H82B2Br2Cl3F10N5O9. The zero-order chi connectivity index (χ0) is 72.3. The summed E-state index contributed by atoms with van der Waals surface area (Å²) in [5, 5.41) is 0. The van der Waals surface area contributed by atoms with E-state index in [9.17, 15) is 43.9 Å². The van der Waals surface area contributed by atoms with Gasteiger partial charge in [-0.25, -0.2) is 0 Å². The van der Waals surface area contributed by atoms with Crippen LogP contribution in [0.2, 0.25) is 0 Å². The van der Waals surface area contributed by atoms with E-state index in [1.165, 1.54) is 78.9 Å². The lowest BCUT2D eigenvalue weighted by atomic mass is 9.81. The number of alkyl halides is 13. The quantitative estimate of drug-likeness (QED) is 0.0286. The summed E-state index contributed by atoms with van der Waals surface area (Å²) < 4.78 is 162.